The number of amides is 1. The van der Waals surface area contributed by atoms with Crippen molar-refractivity contribution in [1.29, 1.82) is 0 Å². The topological polar surface area (TPSA) is 38.3 Å². The van der Waals surface area contributed by atoms with Crippen molar-refractivity contribution in [3.8, 4) is 0 Å². The van der Waals surface area contributed by atoms with Gasteiger partial charge in [0.15, 0.2) is 0 Å². The lowest BCUT2D eigenvalue weighted by Gasteiger charge is -2.28. The van der Waals surface area contributed by atoms with Crippen LogP contribution in [0.4, 0.5) is 0 Å². The SMILES string of the molecule is CCOCC(=O)NCC1(c2ccsc2)CCCC1. The number of hydrogen-bond acceptors (Lipinski definition) is 3. The summed E-state index contributed by atoms with van der Waals surface area (Å²) >= 11 is 1.74. The van der Waals surface area contributed by atoms with Gasteiger partial charge in [-0.2, -0.15) is 11.3 Å². The second kappa shape index (κ2) is 6.34. The Morgan fingerprint density at radius 1 is 1.50 bits per heavy atom. The predicted molar refractivity (Wildman–Crippen MR) is 74.0 cm³/mol. The van der Waals surface area contributed by atoms with E-state index in [0.717, 1.165) is 6.54 Å². The minimum atomic E-state index is -0.00152. The molecule has 1 saturated carbocycles. The average molecular weight is 267 g/mol. The van der Waals surface area contributed by atoms with Crippen molar-refractivity contribution in [3.05, 3.63) is 22.4 Å². The number of rotatable bonds is 6. The monoisotopic (exact) mass is 267 g/mol. The van der Waals surface area contributed by atoms with Crippen LogP contribution in [-0.2, 0) is 14.9 Å². The highest BCUT2D eigenvalue weighted by Gasteiger charge is 2.36. The van der Waals surface area contributed by atoms with Crippen LogP contribution in [-0.4, -0.2) is 25.7 Å². The molecule has 100 valence electrons. The second-order valence-corrected chi connectivity index (χ2v) is 5.69. The molecule has 1 aromatic rings. The van der Waals surface area contributed by atoms with Crippen molar-refractivity contribution < 1.29 is 9.53 Å². The number of hydrogen-bond donors (Lipinski definition) is 1. The molecule has 0 radical (unpaired) electrons. The Hall–Kier alpha value is -0.870. The van der Waals surface area contributed by atoms with Gasteiger partial charge in [-0.1, -0.05) is 12.8 Å². The molecule has 4 heteroatoms. The van der Waals surface area contributed by atoms with Crippen LogP contribution in [0.15, 0.2) is 16.8 Å². The second-order valence-electron chi connectivity index (χ2n) is 4.91. The third kappa shape index (κ3) is 3.12. The van der Waals surface area contributed by atoms with Crippen LogP contribution in [0.25, 0.3) is 0 Å². The van der Waals surface area contributed by atoms with Gasteiger partial charge in [-0.25, -0.2) is 0 Å². The summed E-state index contributed by atoms with van der Waals surface area (Å²) in [5.74, 6) is -0.00152. The zero-order valence-electron chi connectivity index (χ0n) is 10.9. The third-order valence-electron chi connectivity index (χ3n) is 3.76. The average Bonchev–Trinajstić information content (AvgIpc) is 3.04. The van der Waals surface area contributed by atoms with Gasteiger partial charge in [-0.15, -0.1) is 0 Å². The number of carbonyl (C=O) groups is 1. The summed E-state index contributed by atoms with van der Waals surface area (Å²) in [6.45, 7) is 3.41. The molecule has 1 fully saturated rings. The van der Waals surface area contributed by atoms with E-state index in [1.807, 2.05) is 6.92 Å². The van der Waals surface area contributed by atoms with E-state index in [1.54, 1.807) is 11.3 Å². The fourth-order valence-electron chi connectivity index (χ4n) is 2.70. The normalized spacial score (nSPS) is 17.8. The number of nitrogens with one attached hydrogen (secondary N) is 1. The summed E-state index contributed by atoms with van der Waals surface area (Å²) in [4.78, 5) is 11.6. The Bertz CT molecular complexity index is 369. The smallest absolute Gasteiger partial charge is 0.246 e. The summed E-state index contributed by atoms with van der Waals surface area (Å²) < 4.78 is 5.12. The Labute approximate surface area is 113 Å². The van der Waals surface area contributed by atoms with Gasteiger partial charge >= 0.3 is 0 Å². The van der Waals surface area contributed by atoms with Crippen LogP contribution < -0.4 is 5.32 Å². The van der Waals surface area contributed by atoms with Crippen LogP contribution in [0.1, 0.15) is 38.2 Å². The minimum absolute atomic E-state index is 0.00152. The first-order chi connectivity index (χ1) is 8.77. The lowest BCUT2D eigenvalue weighted by Crippen LogP contribution is -2.40. The minimum Gasteiger partial charge on any atom is -0.372 e. The number of ether oxygens (including phenoxy) is 1. The highest BCUT2D eigenvalue weighted by Crippen LogP contribution is 2.41. The fraction of sp³-hybridized carbons (Fsp3) is 0.643. The van der Waals surface area contributed by atoms with Crippen molar-refractivity contribution in [2.24, 2.45) is 0 Å². The Morgan fingerprint density at radius 3 is 2.89 bits per heavy atom. The molecular weight excluding hydrogens is 246 g/mol. The van der Waals surface area contributed by atoms with E-state index >= 15 is 0 Å². The Morgan fingerprint density at radius 2 is 2.28 bits per heavy atom. The maximum atomic E-state index is 11.6. The van der Waals surface area contributed by atoms with E-state index in [-0.39, 0.29) is 17.9 Å². The van der Waals surface area contributed by atoms with E-state index in [9.17, 15) is 4.79 Å². The standard InChI is InChI=1S/C14H21NO2S/c1-2-17-9-13(16)15-11-14(6-3-4-7-14)12-5-8-18-10-12/h5,8,10H,2-4,6-7,9,11H2,1H3,(H,15,16). The molecule has 1 heterocycles. The predicted octanol–water partition coefficient (Wildman–Crippen LogP) is 2.71. The van der Waals surface area contributed by atoms with Crippen LogP contribution in [0.3, 0.4) is 0 Å². The highest BCUT2D eigenvalue weighted by molar-refractivity contribution is 7.08. The number of carbonyl (C=O) groups excluding carboxylic acids is 1. The van der Waals surface area contributed by atoms with Gasteiger partial charge in [-0.3, -0.25) is 4.79 Å². The van der Waals surface area contributed by atoms with E-state index in [0.29, 0.717) is 6.61 Å². The molecule has 1 aliphatic rings. The molecule has 0 spiro atoms. The summed E-state index contributed by atoms with van der Waals surface area (Å²) in [5, 5.41) is 7.37. The van der Waals surface area contributed by atoms with Gasteiger partial charge in [0.05, 0.1) is 0 Å². The zero-order valence-corrected chi connectivity index (χ0v) is 11.7. The molecule has 0 aliphatic heterocycles. The molecule has 0 saturated heterocycles. The lowest BCUT2D eigenvalue weighted by atomic mass is 9.80. The maximum absolute atomic E-state index is 11.6. The van der Waals surface area contributed by atoms with Crippen molar-refractivity contribution in [2.75, 3.05) is 19.8 Å². The van der Waals surface area contributed by atoms with Gasteiger partial charge in [0.2, 0.25) is 5.91 Å². The molecule has 18 heavy (non-hydrogen) atoms. The first-order valence-electron chi connectivity index (χ1n) is 6.64. The summed E-state index contributed by atoms with van der Waals surface area (Å²) in [6, 6.07) is 2.20. The molecule has 0 bridgehead atoms. The molecule has 1 N–H and O–H groups in total. The van der Waals surface area contributed by atoms with Crippen molar-refractivity contribution in [3.63, 3.8) is 0 Å². The van der Waals surface area contributed by atoms with Crippen LogP contribution in [0.5, 0.6) is 0 Å². The van der Waals surface area contributed by atoms with Gasteiger partial charge < -0.3 is 10.1 Å². The molecule has 1 amide bonds. The van der Waals surface area contributed by atoms with Gasteiger partial charge in [0.25, 0.3) is 0 Å². The maximum Gasteiger partial charge on any atom is 0.246 e. The molecule has 0 unspecified atom stereocenters. The van der Waals surface area contributed by atoms with Crippen molar-refractivity contribution in [1.82, 2.24) is 5.32 Å². The van der Waals surface area contributed by atoms with Gasteiger partial charge in [-0.05, 0) is 42.2 Å². The van der Waals surface area contributed by atoms with E-state index in [2.05, 4.69) is 22.1 Å². The van der Waals surface area contributed by atoms with Gasteiger partial charge in [0.1, 0.15) is 6.61 Å². The fourth-order valence-corrected chi connectivity index (χ4v) is 3.48. The summed E-state index contributed by atoms with van der Waals surface area (Å²) in [5.41, 5.74) is 1.56. The van der Waals surface area contributed by atoms with E-state index in [4.69, 9.17) is 4.74 Å². The molecule has 0 aromatic carbocycles. The molecular formula is C14H21NO2S. The first kappa shape index (κ1) is 13.6. The van der Waals surface area contributed by atoms with Crippen LogP contribution in [0.2, 0.25) is 0 Å². The quantitative estimate of drug-likeness (QED) is 0.860. The molecule has 2 rings (SSSR count). The number of thiophene rings is 1. The van der Waals surface area contributed by atoms with Crippen LogP contribution in [0, 0.1) is 0 Å². The lowest BCUT2D eigenvalue weighted by molar-refractivity contribution is -0.125. The van der Waals surface area contributed by atoms with Crippen molar-refractivity contribution in [2.45, 2.75) is 38.0 Å². The third-order valence-corrected chi connectivity index (χ3v) is 4.44. The van der Waals surface area contributed by atoms with E-state index < -0.39 is 0 Å². The van der Waals surface area contributed by atoms with Crippen LogP contribution >= 0.6 is 11.3 Å². The molecule has 1 aliphatic carbocycles. The zero-order chi connectivity index (χ0) is 12.8. The first-order valence-corrected chi connectivity index (χ1v) is 7.58. The van der Waals surface area contributed by atoms with Crippen molar-refractivity contribution >= 4 is 17.2 Å². The highest BCUT2D eigenvalue weighted by atomic mass is 32.1. The largest absolute Gasteiger partial charge is 0.372 e. The summed E-state index contributed by atoms with van der Waals surface area (Å²) in [7, 11) is 0. The van der Waals surface area contributed by atoms with E-state index in [1.165, 1.54) is 31.2 Å². The molecule has 1 aromatic heterocycles. The Kier molecular flexibility index (Phi) is 4.78. The van der Waals surface area contributed by atoms with Gasteiger partial charge in [0, 0.05) is 18.6 Å². The molecule has 0 atom stereocenters. The Balaban J connectivity index is 1.93. The molecule has 3 nitrogen and oxygen atoms in total. The summed E-state index contributed by atoms with van der Waals surface area (Å²) in [6.07, 6.45) is 4.88.